The molecule has 0 aliphatic carbocycles. The van der Waals surface area contributed by atoms with Crippen molar-refractivity contribution in [2.24, 2.45) is 0 Å². The van der Waals surface area contributed by atoms with E-state index in [1.165, 1.54) is 43.5 Å². The molecular weight excluding hydrogens is 340 g/mol. The van der Waals surface area contributed by atoms with Crippen LogP contribution in [0.2, 0.25) is 0 Å². The second-order valence-electron chi connectivity index (χ2n) is 5.41. The van der Waals surface area contributed by atoms with Crippen molar-refractivity contribution in [1.82, 2.24) is 5.32 Å². The zero-order valence-corrected chi connectivity index (χ0v) is 13.6. The minimum absolute atomic E-state index is 0.235. The predicted molar refractivity (Wildman–Crippen MR) is 91.8 cm³/mol. The average Bonchev–Trinajstić information content (AvgIpc) is 2.61. The van der Waals surface area contributed by atoms with Gasteiger partial charge in [0.25, 0.3) is 11.8 Å². The number of nitrogens with zero attached hydrogens (tertiary/aromatic N) is 1. The first-order valence-electron chi connectivity index (χ1n) is 7.48. The van der Waals surface area contributed by atoms with Crippen molar-refractivity contribution in [1.29, 1.82) is 0 Å². The van der Waals surface area contributed by atoms with E-state index in [-0.39, 0.29) is 17.0 Å². The highest BCUT2D eigenvalue weighted by Crippen LogP contribution is 2.28. The maximum absolute atomic E-state index is 12.7. The van der Waals surface area contributed by atoms with Gasteiger partial charge in [0.1, 0.15) is 11.3 Å². The van der Waals surface area contributed by atoms with E-state index < -0.39 is 23.6 Å². The second kappa shape index (κ2) is 6.60. The summed E-state index contributed by atoms with van der Waals surface area (Å²) in [7, 11) is 1.45. The lowest BCUT2D eigenvalue weighted by Gasteiger charge is -2.26. The van der Waals surface area contributed by atoms with Crippen LogP contribution >= 0.6 is 0 Å². The zero-order chi connectivity index (χ0) is 18.8. The molecule has 1 heterocycles. The van der Waals surface area contributed by atoms with Gasteiger partial charge < -0.3 is 14.9 Å². The molecule has 8 heteroatoms. The first kappa shape index (κ1) is 17.0. The van der Waals surface area contributed by atoms with Crippen LogP contribution in [0.25, 0.3) is 6.08 Å². The van der Waals surface area contributed by atoms with E-state index in [1.807, 2.05) is 0 Å². The Balaban J connectivity index is 2.02. The van der Waals surface area contributed by atoms with Crippen LogP contribution in [0, 0.1) is 0 Å². The van der Waals surface area contributed by atoms with Crippen LogP contribution in [0.3, 0.4) is 0 Å². The van der Waals surface area contributed by atoms with Crippen LogP contribution in [-0.4, -0.2) is 35.2 Å². The summed E-state index contributed by atoms with van der Waals surface area (Å²) in [5.41, 5.74) is 0.245. The summed E-state index contributed by atoms with van der Waals surface area (Å²) < 4.78 is 5.08. The van der Waals surface area contributed by atoms with E-state index in [2.05, 4.69) is 5.32 Å². The third-order valence-corrected chi connectivity index (χ3v) is 3.72. The highest BCUT2D eigenvalue weighted by molar-refractivity contribution is 6.39. The van der Waals surface area contributed by atoms with Gasteiger partial charge >= 0.3 is 6.03 Å². The van der Waals surface area contributed by atoms with E-state index in [0.29, 0.717) is 11.3 Å². The number of imide groups is 2. The summed E-state index contributed by atoms with van der Waals surface area (Å²) in [6, 6.07) is 9.21. The van der Waals surface area contributed by atoms with E-state index in [0.717, 1.165) is 4.90 Å². The average molecular weight is 354 g/mol. The molecule has 0 atom stereocenters. The van der Waals surface area contributed by atoms with Crippen molar-refractivity contribution in [2.75, 3.05) is 12.0 Å². The first-order valence-corrected chi connectivity index (χ1v) is 7.48. The molecular formula is C18H14N2O6. The molecule has 2 aromatic carbocycles. The summed E-state index contributed by atoms with van der Waals surface area (Å²) >= 11 is 0. The maximum Gasteiger partial charge on any atom is 0.335 e. The Kier molecular flexibility index (Phi) is 4.32. The van der Waals surface area contributed by atoms with Crippen LogP contribution in [0.4, 0.5) is 10.5 Å². The third-order valence-electron chi connectivity index (χ3n) is 3.72. The molecule has 0 radical (unpaired) electrons. The van der Waals surface area contributed by atoms with Crippen molar-refractivity contribution in [3.8, 4) is 17.2 Å². The number of phenolic OH excluding ortho intramolecular Hbond substituents is 2. The van der Waals surface area contributed by atoms with E-state index in [1.54, 1.807) is 12.1 Å². The molecule has 8 nitrogen and oxygen atoms in total. The Labute approximate surface area is 147 Å². The second-order valence-corrected chi connectivity index (χ2v) is 5.41. The molecule has 1 fully saturated rings. The topological polar surface area (TPSA) is 116 Å². The number of urea groups is 1. The number of rotatable bonds is 3. The summed E-state index contributed by atoms with van der Waals surface area (Å²) in [6.07, 6.45) is 1.22. The summed E-state index contributed by atoms with van der Waals surface area (Å²) in [4.78, 5) is 37.8. The highest BCUT2D eigenvalue weighted by atomic mass is 16.5. The van der Waals surface area contributed by atoms with Crippen molar-refractivity contribution >= 4 is 29.6 Å². The number of phenols is 2. The first-order chi connectivity index (χ1) is 12.4. The number of carbonyl (C=O) groups is 3. The summed E-state index contributed by atoms with van der Waals surface area (Å²) in [5, 5.41) is 21.0. The lowest BCUT2D eigenvalue weighted by Crippen LogP contribution is -2.54. The molecule has 3 N–H and O–H groups in total. The van der Waals surface area contributed by atoms with Gasteiger partial charge in [0.05, 0.1) is 12.8 Å². The fraction of sp³-hybridized carbons (Fsp3) is 0.0556. The smallest absolute Gasteiger partial charge is 0.335 e. The summed E-state index contributed by atoms with van der Waals surface area (Å²) in [5.74, 6) is -1.97. The Morgan fingerprint density at radius 2 is 1.81 bits per heavy atom. The zero-order valence-electron chi connectivity index (χ0n) is 13.6. The van der Waals surface area contributed by atoms with Crippen LogP contribution in [0.1, 0.15) is 5.56 Å². The highest BCUT2D eigenvalue weighted by Gasteiger charge is 2.36. The van der Waals surface area contributed by atoms with Crippen molar-refractivity contribution in [3.63, 3.8) is 0 Å². The molecule has 1 aliphatic heterocycles. The molecule has 0 saturated carbocycles. The third kappa shape index (κ3) is 3.07. The van der Waals surface area contributed by atoms with E-state index >= 15 is 0 Å². The number of nitrogens with one attached hydrogen (secondary N) is 1. The maximum atomic E-state index is 12.7. The lowest BCUT2D eigenvalue weighted by atomic mass is 10.1. The number of carbonyl (C=O) groups excluding carboxylic acids is 3. The normalized spacial score (nSPS) is 16.0. The van der Waals surface area contributed by atoms with Crippen LogP contribution < -0.4 is 15.0 Å². The van der Waals surface area contributed by atoms with Gasteiger partial charge in [-0.2, -0.15) is 0 Å². The van der Waals surface area contributed by atoms with Crippen LogP contribution in [0.15, 0.2) is 48.0 Å². The van der Waals surface area contributed by atoms with Crippen molar-refractivity contribution in [3.05, 3.63) is 53.6 Å². The molecule has 3 rings (SSSR count). The minimum Gasteiger partial charge on any atom is -0.504 e. The number of anilines is 1. The van der Waals surface area contributed by atoms with Crippen molar-refractivity contribution in [2.45, 2.75) is 0 Å². The van der Waals surface area contributed by atoms with Crippen LogP contribution in [-0.2, 0) is 9.59 Å². The molecule has 0 aromatic heterocycles. The molecule has 26 heavy (non-hydrogen) atoms. The van der Waals surface area contributed by atoms with Gasteiger partial charge in [0.15, 0.2) is 11.5 Å². The number of ether oxygens (including phenoxy) is 1. The van der Waals surface area contributed by atoms with Gasteiger partial charge in [-0.05, 0) is 35.9 Å². The van der Waals surface area contributed by atoms with Gasteiger partial charge in [0.2, 0.25) is 0 Å². The largest absolute Gasteiger partial charge is 0.504 e. The molecule has 1 aliphatic rings. The number of barbiturate groups is 1. The number of hydrogen-bond acceptors (Lipinski definition) is 6. The van der Waals surface area contributed by atoms with E-state index in [9.17, 15) is 24.6 Å². The van der Waals surface area contributed by atoms with E-state index in [4.69, 9.17) is 4.74 Å². The molecule has 132 valence electrons. The number of hydrogen-bond donors (Lipinski definition) is 3. The minimum atomic E-state index is -0.876. The fourth-order valence-corrected chi connectivity index (χ4v) is 2.44. The monoisotopic (exact) mass is 354 g/mol. The van der Waals surface area contributed by atoms with Gasteiger partial charge in [-0.3, -0.25) is 14.9 Å². The van der Waals surface area contributed by atoms with Crippen LogP contribution in [0.5, 0.6) is 17.2 Å². The standard InChI is InChI=1S/C18H14N2O6/c1-26-12-4-2-3-11(9-12)20-17(24)13(16(23)19-18(20)25)7-10-5-6-14(21)15(22)8-10/h2-9,21-22H,1H3,(H,19,23,25). The molecule has 0 bridgehead atoms. The molecule has 4 amide bonds. The number of benzene rings is 2. The summed E-state index contributed by atoms with van der Waals surface area (Å²) in [6.45, 7) is 0. The quantitative estimate of drug-likeness (QED) is 0.439. The Morgan fingerprint density at radius 1 is 1.04 bits per heavy atom. The molecule has 1 saturated heterocycles. The van der Waals surface area contributed by atoms with Crippen molar-refractivity contribution < 1.29 is 29.3 Å². The Morgan fingerprint density at radius 3 is 2.50 bits per heavy atom. The molecule has 0 spiro atoms. The lowest BCUT2D eigenvalue weighted by molar-refractivity contribution is -0.122. The SMILES string of the molecule is COc1cccc(N2C(=O)NC(=O)C(=Cc3ccc(O)c(O)c3)C2=O)c1. The number of methoxy groups -OCH3 is 1. The Hall–Kier alpha value is -3.81. The van der Waals surface area contributed by atoms with Gasteiger partial charge in [-0.15, -0.1) is 0 Å². The predicted octanol–water partition coefficient (Wildman–Crippen LogP) is 1.77. The fourth-order valence-electron chi connectivity index (χ4n) is 2.44. The molecule has 2 aromatic rings. The van der Waals surface area contributed by atoms with Gasteiger partial charge in [-0.25, -0.2) is 9.69 Å². The number of amides is 4. The Bertz CT molecular complexity index is 950. The van der Waals surface area contributed by atoms with Gasteiger partial charge in [0, 0.05) is 6.07 Å². The molecule has 0 unspecified atom stereocenters. The number of aromatic hydroxyl groups is 2. The van der Waals surface area contributed by atoms with Gasteiger partial charge in [-0.1, -0.05) is 12.1 Å².